The number of aromatic hydroxyl groups is 2. The predicted molar refractivity (Wildman–Crippen MR) is 88.9 cm³/mol. The van der Waals surface area contributed by atoms with Crippen LogP contribution < -0.4 is 10.9 Å². The van der Waals surface area contributed by atoms with E-state index in [0.29, 0.717) is 20.3 Å². The van der Waals surface area contributed by atoms with Gasteiger partial charge < -0.3 is 21.1 Å². The molecule has 2 aromatic carbocycles. The summed E-state index contributed by atoms with van der Waals surface area (Å²) in [4.78, 5) is 0. The van der Waals surface area contributed by atoms with Gasteiger partial charge in [0.05, 0.1) is 30.4 Å². The second-order valence-corrected chi connectivity index (χ2v) is 6.35. The predicted octanol–water partition coefficient (Wildman–Crippen LogP) is 5.37. The smallest absolute Gasteiger partial charge is 0.152 e. The molecule has 0 atom stereocenters. The highest BCUT2D eigenvalue weighted by Crippen LogP contribution is 2.36. The van der Waals surface area contributed by atoms with Crippen molar-refractivity contribution in [2.24, 2.45) is 0 Å². The summed E-state index contributed by atoms with van der Waals surface area (Å²) in [5.41, 5.74) is 7.09. The van der Waals surface area contributed by atoms with Gasteiger partial charge in [-0.05, 0) is 56.1 Å². The molecular formula is C12H8Br2Cl2N2O2. The third-order valence-corrected chi connectivity index (χ3v) is 4.17. The molecule has 0 radical (unpaired) electrons. The van der Waals surface area contributed by atoms with E-state index in [1.54, 1.807) is 12.1 Å². The maximum atomic E-state index is 9.61. The van der Waals surface area contributed by atoms with E-state index < -0.39 is 0 Å². The number of anilines is 2. The van der Waals surface area contributed by atoms with E-state index in [1.165, 1.54) is 12.1 Å². The first kappa shape index (κ1) is 15.6. The van der Waals surface area contributed by atoms with E-state index in [1.807, 2.05) is 0 Å². The largest absolute Gasteiger partial charge is 0.506 e. The highest BCUT2D eigenvalue weighted by atomic mass is 79.9. The number of hydrogen-bond acceptors (Lipinski definition) is 4. The van der Waals surface area contributed by atoms with Crippen LogP contribution in [-0.2, 0) is 0 Å². The summed E-state index contributed by atoms with van der Waals surface area (Å²) in [6.45, 7) is 0. The van der Waals surface area contributed by atoms with Crippen molar-refractivity contribution in [3.8, 4) is 11.5 Å². The van der Waals surface area contributed by atoms with Crippen LogP contribution in [0.4, 0.5) is 11.4 Å². The first-order valence-corrected chi connectivity index (χ1v) is 7.60. The SMILES string of the molecule is Oc1c(Cl)cc(NNc2cc(Br)c(O)c(Br)c2)cc1Cl. The monoisotopic (exact) mass is 440 g/mol. The van der Waals surface area contributed by atoms with Gasteiger partial charge >= 0.3 is 0 Å². The molecule has 2 rings (SSSR count). The lowest BCUT2D eigenvalue weighted by Crippen LogP contribution is -2.08. The Labute approximate surface area is 141 Å². The Balaban J connectivity index is 2.17. The third-order valence-electron chi connectivity index (χ3n) is 2.38. The van der Waals surface area contributed by atoms with Gasteiger partial charge in [0.1, 0.15) is 5.75 Å². The molecule has 0 spiro atoms. The number of hydrogen-bond donors (Lipinski definition) is 4. The molecule has 0 unspecified atom stereocenters. The van der Waals surface area contributed by atoms with Gasteiger partial charge in [0.25, 0.3) is 0 Å². The minimum Gasteiger partial charge on any atom is -0.506 e. The van der Waals surface area contributed by atoms with Crippen LogP contribution in [0.2, 0.25) is 10.0 Å². The highest BCUT2D eigenvalue weighted by Gasteiger charge is 2.08. The molecule has 0 amide bonds. The molecule has 8 heteroatoms. The zero-order valence-corrected chi connectivity index (χ0v) is 14.4. The van der Waals surface area contributed by atoms with Gasteiger partial charge in [-0.2, -0.15) is 0 Å². The van der Waals surface area contributed by atoms with Gasteiger partial charge in [-0.1, -0.05) is 23.2 Å². The van der Waals surface area contributed by atoms with Gasteiger partial charge in [-0.15, -0.1) is 0 Å². The average molecular weight is 443 g/mol. The minimum absolute atomic E-state index is 0.117. The second-order valence-electron chi connectivity index (χ2n) is 3.83. The Morgan fingerprint density at radius 1 is 0.750 bits per heavy atom. The second kappa shape index (κ2) is 6.30. The molecule has 0 aromatic heterocycles. The van der Waals surface area contributed by atoms with Crippen molar-refractivity contribution < 1.29 is 10.2 Å². The van der Waals surface area contributed by atoms with Crippen LogP contribution in [0, 0.1) is 0 Å². The first-order chi connectivity index (χ1) is 9.38. The summed E-state index contributed by atoms with van der Waals surface area (Å²) in [5, 5.41) is 19.4. The summed E-state index contributed by atoms with van der Waals surface area (Å²) in [7, 11) is 0. The molecule has 20 heavy (non-hydrogen) atoms. The van der Waals surface area contributed by atoms with E-state index in [9.17, 15) is 10.2 Å². The van der Waals surface area contributed by atoms with Gasteiger partial charge in [0.2, 0.25) is 0 Å². The van der Waals surface area contributed by atoms with Crippen LogP contribution in [0.25, 0.3) is 0 Å². The van der Waals surface area contributed by atoms with Crippen LogP contribution in [0.15, 0.2) is 33.2 Å². The van der Waals surface area contributed by atoms with Crippen molar-refractivity contribution in [1.82, 2.24) is 0 Å². The molecular weight excluding hydrogens is 435 g/mol. The maximum absolute atomic E-state index is 9.61. The summed E-state index contributed by atoms with van der Waals surface area (Å²) >= 11 is 18.1. The van der Waals surface area contributed by atoms with Gasteiger partial charge in [0, 0.05) is 0 Å². The molecule has 2 aromatic rings. The lowest BCUT2D eigenvalue weighted by molar-refractivity contribution is 0.468. The van der Waals surface area contributed by atoms with Crippen molar-refractivity contribution in [2.45, 2.75) is 0 Å². The summed E-state index contributed by atoms with van der Waals surface area (Å²) in [5.74, 6) is -0.0414. The Kier molecular flexibility index (Phi) is 4.90. The van der Waals surface area contributed by atoms with Gasteiger partial charge in [-0.25, -0.2) is 0 Å². The van der Waals surface area contributed by atoms with Crippen molar-refractivity contribution in [3.05, 3.63) is 43.3 Å². The van der Waals surface area contributed by atoms with Crippen LogP contribution in [0.3, 0.4) is 0 Å². The van der Waals surface area contributed by atoms with E-state index in [2.05, 4.69) is 42.7 Å². The molecule has 4 nitrogen and oxygen atoms in total. The van der Waals surface area contributed by atoms with E-state index >= 15 is 0 Å². The topological polar surface area (TPSA) is 64.5 Å². The fourth-order valence-corrected chi connectivity index (χ4v) is 3.09. The highest BCUT2D eigenvalue weighted by molar-refractivity contribution is 9.11. The number of phenols is 2. The van der Waals surface area contributed by atoms with Crippen LogP contribution in [-0.4, -0.2) is 10.2 Å². The Bertz CT molecular complexity index is 564. The molecule has 0 saturated heterocycles. The molecule has 4 N–H and O–H groups in total. The summed E-state index contributed by atoms with van der Waals surface area (Å²) in [6.07, 6.45) is 0. The number of rotatable bonds is 3. The van der Waals surface area contributed by atoms with Gasteiger partial charge in [-0.3, -0.25) is 0 Å². The molecule has 0 aliphatic heterocycles. The molecule has 0 aliphatic carbocycles. The fraction of sp³-hybridized carbons (Fsp3) is 0. The summed E-state index contributed by atoms with van der Waals surface area (Å²) < 4.78 is 1.08. The zero-order chi connectivity index (χ0) is 14.9. The lowest BCUT2D eigenvalue weighted by atomic mass is 10.3. The maximum Gasteiger partial charge on any atom is 0.152 e. The van der Waals surface area contributed by atoms with Crippen molar-refractivity contribution in [3.63, 3.8) is 0 Å². The first-order valence-electron chi connectivity index (χ1n) is 5.26. The fourth-order valence-electron chi connectivity index (χ4n) is 1.42. The lowest BCUT2D eigenvalue weighted by Gasteiger charge is -2.12. The number of phenolic OH excluding ortho intramolecular Hbond substituents is 2. The average Bonchev–Trinajstić information content (AvgIpc) is 2.39. The number of benzene rings is 2. The van der Waals surface area contributed by atoms with Crippen molar-refractivity contribution in [2.75, 3.05) is 10.9 Å². The van der Waals surface area contributed by atoms with Gasteiger partial charge in [0.15, 0.2) is 5.75 Å². The van der Waals surface area contributed by atoms with Crippen molar-refractivity contribution in [1.29, 1.82) is 0 Å². The third kappa shape index (κ3) is 3.44. The number of hydrazine groups is 1. The van der Waals surface area contributed by atoms with E-state index in [-0.39, 0.29) is 21.5 Å². The van der Waals surface area contributed by atoms with Crippen molar-refractivity contribution >= 4 is 66.4 Å². The standard InChI is InChI=1S/C12H8Br2Cl2N2O2/c13-7-1-5(2-8(14)11(7)19)17-18-6-3-9(15)12(20)10(16)4-6/h1-4,17-20H. The molecule has 106 valence electrons. The molecule has 0 heterocycles. The summed E-state index contributed by atoms with van der Waals surface area (Å²) in [6, 6.07) is 6.44. The van der Waals surface area contributed by atoms with Crippen LogP contribution in [0.1, 0.15) is 0 Å². The molecule has 0 bridgehead atoms. The minimum atomic E-state index is -0.158. The Morgan fingerprint density at radius 2 is 1.15 bits per heavy atom. The number of halogens is 4. The van der Waals surface area contributed by atoms with Crippen LogP contribution >= 0.6 is 55.1 Å². The Hall–Kier alpha value is -0.820. The molecule has 0 aliphatic rings. The van der Waals surface area contributed by atoms with E-state index in [0.717, 1.165) is 0 Å². The zero-order valence-electron chi connectivity index (χ0n) is 9.72. The number of nitrogens with one attached hydrogen (secondary N) is 2. The Morgan fingerprint density at radius 3 is 1.60 bits per heavy atom. The molecule has 0 fully saturated rings. The quantitative estimate of drug-likeness (QED) is 0.381. The van der Waals surface area contributed by atoms with Crippen LogP contribution in [0.5, 0.6) is 11.5 Å². The van der Waals surface area contributed by atoms with E-state index in [4.69, 9.17) is 23.2 Å². The normalized spacial score (nSPS) is 10.4. The molecule has 0 saturated carbocycles.